The van der Waals surface area contributed by atoms with Gasteiger partial charge in [-0.05, 0) is 98.1 Å². The zero-order valence-electron chi connectivity index (χ0n) is 19.1. The lowest BCUT2D eigenvalue weighted by atomic mass is 9.49. The molecule has 172 valence electrons. The highest BCUT2D eigenvalue weighted by molar-refractivity contribution is 7.97. The van der Waals surface area contributed by atoms with E-state index in [1.807, 2.05) is 0 Å². The largest absolute Gasteiger partial charge is 0.239 e. The maximum Gasteiger partial charge on any atom is 0.239 e. The van der Waals surface area contributed by atoms with Crippen molar-refractivity contribution in [2.24, 2.45) is 23.2 Å². The molecule has 0 atom stereocenters. The quantitative estimate of drug-likeness (QED) is 0.332. The standard InChI is InChI=1S/C18H15S.C12H18F2/c1-4-10-16(11-5-1)19(17-12-6-2-7-13-17)18-14-8-3-9-15-18;13-11(14)7-12-4-8-1-9(5-12)3-10(2-8)6-12/h1-15H;8-11H,1-7H2/q+1;. The van der Waals surface area contributed by atoms with Crippen LogP contribution in [0.4, 0.5) is 8.78 Å². The van der Waals surface area contributed by atoms with E-state index in [-0.39, 0.29) is 22.7 Å². The van der Waals surface area contributed by atoms with E-state index in [9.17, 15) is 8.78 Å². The van der Waals surface area contributed by atoms with Crippen molar-refractivity contribution in [1.29, 1.82) is 0 Å². The van der Waals surface area contributed by atoms with Crippen molar-refractivity contribution < 1.29 is 8.78 Å². The van der Waals surface area contributed by atoms with Crippen LogP contribution in [0.15, 0.2) is 106 Å². The Morgan fingerprint density at radius 1 is 0.606 bits per heavy atom. The van der Waals surface area contributed by atoms with Gasteiger partial charge in [0.05, 0.1) is 10.9 Å². The minimum absolute atomic E-state index is 0.0146. The molecule has 0 aliphatic heterocycles. The van der Waals surface area contributed by atoms with Crippen molar-refractivity contribution in [3.8, 4) is 0 Å². The Kier molecular flexibility index (Phi) is 6.87. The van der Waals surface area contributed by atoms with Crippen LogP contribution < -0.4 is 0 Å². The zero-order chi connectivity index (χ0) is 22.7. The lowest BCUT2D eigenvalue weighted by molar-refractivity contribution is -0.0813. The number of halogens is 2. The third-order valence-corrected chi connectivity index (χ3v) is 9.92. The Bertz CT molecular complexity index is 868. The molecular formula is C30H33F2S+. The fraction of sp³-hybridized carbons (Fsp3) is 0.400. The highest BCUT2D eigenvalue weighted by atomic mass is 32.2. The molecule has 4 aliphatic rings. The second kappa shape index (κ2) is 10.0. The highest BCUT2D eigenvalue weighted by Gasteiger charge is 2.51. The van der Waals surface area contributed by atoms with Gasteiger partial charge in [-0.2, -0.15) is 0 Å². The first-order valence-corrected chi connectivity index (χ1v) is 13.5. The molecular weight excluding hydrogens is 430 g/mol. The van der Waals surface area contributed by atoms with Gasteiger partial charge in [0.1, 0.15) is 0 Å². The Hall–Kier alpha value is -2.13. The fourth-order valence-corrected chi connectivity index (χ4v) is 9.05. The van der Waals surface area contributed by atoms with Crippen LogP contribution in [0, 0.1) is 23.2 Å². The second-order valence-corrected chi connectivity index (χ2v) is 12.3. The first-order valence-electron chi connectivity index (χ1n) is 12.3. The minimum atomic E-state index is -2.08. The lowest BCUT2D eigenvalue weighted by Crippen LogP contribution is -2.46. The summed E-state index contributed by atoms with van der Waals surface area (Å²) >= 11 is 0. The van der Waals surface area contributed by atoms with Crippen molar-refractivity contribution in [3.05, 3.63) is 91.0 Å². The van der Waals surface area contributed by atoms with Gasteiger partial charge in [0.25, 0.3) is 0 Å². The molecule has 0 amide bonds. The molecule has 4 fully saturated rings. The molecule has 7 rings (SSSR count). The summed E-state index contributed by atoms with van der Waals surface area (Å²) in [5.74, 6) is 2.42. The second-order valence-electron chi connectivity index (χ2n) is 10.3. The molecule has 0 radical (unpaired) electrons. The Morgan fingerprint density at radius 2 is 0.939 bits per heavy atom. The third-order valence-electron chi connectivity index (χ3n) is 7.69. The fourth-order valence-electron chi connectivity index (χ4n) is 6.95. The normalized spacial score (nSPS) is 27.5. The van der Waals surface area contributed by atoms with E-state index in [4.69, 9.17) is 0 Å². The molecule has 0 aromatic heterocycles. The predicted molar refractivity (Wildman–Crippen MR) is 133 cm³/mol. The van der Waals surface area contributed by atoms with E-state index < -0.39 is 6.43 Å². The molecule has 4 saturated carbocycles. The Labute approximate surface area is 199 Å². The summed E-state index contributed by atoms with van der Waals surface area (Å²) in [6.45, 7) is 0. The van der Waals surface area contributed by atoms with Crippen LogP contribution in [-0.4, -0.2) is 6.43 Å². The van der Waals surface area contributed by atoms with Crippen LogP contribution in [0.3, 0.4) is 0 Å². The van der Waals surface area contributed by atoms with E-state index in [1.165, 1.54) is 33.9 Å². The summed E-state index contributed by atoms with van der Waals surface area (Å²) in [5.41, 5.74) is 0.0723. The van der Waals surface area contributed by atoms with Gasteiger partial charge in [-0.15, -0.1) is 0 Å². The average molecular weight is 464 g/mol. The third kappa shape index (κ3) is 5.35. The number of alkyl halides is 2. The van der Waals surface area contributed by atoms with E-state index >= 15 is 0 Å². The topological polar surface area (TPSA) is 0 Å². The van der Waals surface area contributed by atoms with Gasteiger partial charge in [-0.1, -0.05) is 54.6 Å². The summed E-state index contributed by atoms with van der Waals surface area (Å²) in [6.07, 6.45) is 5.51. The summed E-state index contributed by atoms with van der Waals surface area (Å²) in [4.78, 5) is 4.08. The van der Waals surface area contributed by atoms with Crippen LogP contribution in [0.25, 0.3) is 0 Å². The van der Waals surface area contributed by atoms with Crippen molar-refractivity contribution >= 4 is 10.9 Å². The molecule has 0 nitrogen and oxygen atoms in total. The molecule has 0 saturated heterocycles. The molecule has 4 aliphatic carbocycles. The maximum absolute atomic E-state index is 12.5. The van der Waals surface area contributed by atoms with Crippen LogP contribution in [0.2, 0.25) is 0 Å². The van der Waals surface area contributed by atoms with Crippen molar-refractivity contribution in [1.82, 2.24) is 0 Å². The number of hydrogen-bond donors (Lipinski definition) is 0. The van der Waals surface area contributed by atoms with Crippen LogP contribution >= 0.6 is 0 Å². The van der Waals surface area contributed by atoms with Crippen molar-refractivity contribution in [2.75, 3.05) is 0 Å². The van der Waals surface area contributed by atoms with Crippen LogP contribution in [-0.2, 0) is 10.9 Å². The van der Waals surface area contributed by atoms with Crippen molar-refractivity contribution in [3.63, 3.8) is 0 Å². The van der Waals surface area contributed by atoms with E-state index in [0.29, 0.717) is 0 Å². The first-order chi connectivity index (χ1) is 16.1. The summed E-state index contributed by atoms with van der Waals surface area (Å²) in [5, 5.41) is 0. The first kappa shape index (κ1) is 22.7. The van der Waals surface area contributed by atoms with Crippen molar-refractivity contribution in [2.45, 2.75) is 66.1 Å². The molecule has 4 bridgehead atoms. The van der Waals surface area contributed by atoms with E-state index in [0.717, 1.165) is 37.0 Å². The van der Waals surface area contributed by atoms with Crippen LogP contribution in [0.5, 0.6) is 0 Å². The van der Waals surface area contributed by atoms with Gasteiger partial charge in [-0.3, -0.25) is 0 Å². The number of rotatable bonds is 5. The smallest absolute Gasteiger partial charge is 0.211 e. The van der Waals surface area contributed by atoms with Gasteiger partial charge < -0.3 is 0 Å². The molecule has 3 heteroatoms. The number of hydrogen-bond acceptors (Lipinski definition) is 0. The maximum atomic E-state index is 12.5. The van der Waals surface area contributed by atoms with E-state index in [2.05, 4.69) is 91.0 Å². The van der Waals surface area contributed by atoms with Gasteiger partial charge in [-0.25, -0.2) is 8.78 Å². The number of benzene rings is 3. The molecule has 0 N–H and O–H groups in total. The molecule has 33 heavy (non-hydrogen) atoms. The Balaban J connectivity index is 0.000000144. The lowest BCUT2D eigenvalue weighted by Gasteiger charge is -2.56. The summed E-state index contributed by atoms with van der Waals surface area (Å²) < 4.78 is 25.1. The zero-order valence-corrected chi connectivity index (χ0v) is 19.9. The van der Waals surface area contributed by atoms with Crippen LogP contribution in [0.1, 0.15) is 44.9 Å². The molecule has 3 aromatic carbocycles. The predicted octanol–water partition coefficient (Wildman–Crippen LogP) is 8.64. The average Bonchev–Trinajstić information content (AvgIpc) is 2.80. The monoisotopic (exact) mass is 463 g/mol. The minimum Gasteiger partial charge on any atom is -0.211 e. The van der Waals surface area contributed by atoms with Gasteiger partial charge in [0.15, 0.2) is 14.7 Å². The molecule has 0 spiro atoms. The molecule has 0 unspecified atom stereocenters. The Morgan fingerprint density at radius 3 is 1.24 bits per heavy atom. The van der Waals surface area contributed by atoms with Gasteiger partial charge >= 0.3 is 0 Å². The molecule has 3 aromatic rings. The van der Waals surface area contributed by atoms with E-state index in [1.54, 1.807) is 0 Å². The summed E-state index contributed by atoms with van der Waals surface area (Å²) in [6, 6.07) is 32.2. The molecule has 0 heterocycles. The van der Waals surface area contributed by atoms with Gasteiger partial charge in [0, 0.05) is 6.42 Å². The van der Waals surface area contributed by atoms with Gasteiger partial charge in [0.2, 0.25) is 6.43 Å². The summed E-state index contributed by atoms with van der Waals surface area (Å²) in [7, 11) is -0.0146. The highest BCUT2D eigenvalue weighted by Crippen LogP contribution is 2.61. The SMILES string of the molecule is FC(F)CC12CC3CC(CC(C3)C1)C2.c1ccc([S+](c2ccccc2)c2ccccc2)cc1.